The van der Waals surface area contributed by atoms with Crippen LogP contribution in [-0.2, 0) is 4.79 Å². The van der Waals surface area contributed by atoms with Crippen LogP contribution >= 0.6 is 0 Å². The van der Waals surface area contributed by atoms with Gasteiger partial charge < -0.3 is 10.3 Å². The van der Waals surface area contributed by atoms with Gasteiger partial charge in [-0.05, 0) is 12.1 Å². The maximum atomic E-state index is 11.2. The lowest BCUT2D eigenvalue weighted by molar-refractivity contribution is -0.118. The number of anilines is 1. The van der Waals surface area contributed by atoms with Crippen LogP contribution < -0.4 is 10.9 Å². The predicted molar refractivity (Wildman–Crippen MR) is 50.5 cm³/mol. The molecule has 13 heavy (non-hydrogen) atoms. The van der Waals surface area contributed by atoms with E-state index in [1.165, 1.54) is 6.20 Å². The first-order valence-electron chi connectivity index (χ1n) is 4.10. The SMILES string of the molecule is CC(C)C(=O)Nc1ccc[nH]c1=O. The molecule has 1 aromatic heterocycles. The van der Waals surface area contributed by atoms with Crippen molar-refractivity contribution >= 4 is 11.6 Å². The zero-order chi connectivity index (χ0) is 9.84. The van der Waals surface area contributed by atoms with E-state index in [9.17, 15) is 9.59 Å². The summed E-state index contributed by atoms with van der Waals surface area (Å²) in [4.78, 5) is 24.8. The van der Waals surface area contributed by atoms with E-state index in [2.05, 4.69) is 10.3 Å². The highest BCUT2D eigenvalue weighted by Gasteiger charge is 2.08. The van der Waals surface area contributed by atoms with E-state index in [0.717, 1.165) is 0 Å². The summed E-state index contributed by atoms with van der Waals surface area (Å²) in [6.45, 7) is 3.54. The second-order valence-electron chi connectivity index (χ2n) is 3.06. The molecular formula is C9H12N2O2. The number of carbonyl (C=O) groups is 1. The minimum Gasteiger partial charge on any atom is -0.327 e. The second kappa shape index (κ2) is 3.89. The second-order valence-corrected chi connectivity index (χ2v) is 3.06. The molecule has 0 bridgehead atoms. The number of aromatic nitrogens is 1. The molecule has 1 aromatic rings. The van der Waals surface area contributed by atoms with E-state index in [4.69, 9.17) is 0 Å². The lowest BCUT2D eigenvalue weighted by Crippen LogP contribution is -2.22. The molecule has 1 heterocycles. The average Bonchev–Trinajstić information content (AvgIpc) is 2.08. The van der Waals surface area contributed by atoms with Gasteiger partial charge in [-0.1, -0.05) is 13.8 Å². The number of H-pyrrole nitrogens is 1. The largest absolute Gasteiger partial charge is 0.327 e. The van der Waals surface area contributed by atoms with Gasteiger partial charge in [0.15, 0.2) is 0 Å². The van der Waals surface area contributed by atoms with Crippen molar-refractivity contribution in [3.05, 3.63) is 28.7 Å². The highest BCUT2D eigenvalue weighted by Crippen LogP contribution is 2.00. The maximum Gasteiger partial charge on any atom is 0.271 e. The minimum absolute atomic E-state index is 0.125. The van der Waals surface area contributed by atoms with Crippen LogP contribution in [0.2, 0.25) is 0 Å². The molecular weight excluding hydrogens is 168 g/mol. The molecule has 0 spiro atoms. The highest BCUT2D eigenvalue weighted by molar-refractivity contribution is 5.91. The Hall–Kier alpha value is -1.58. The Morgan fingerprint density at radius 1 is 1.54 bits per heavy atom. The van der Waals surface area contributed by atoms with Gasteiger partial charge >= 0.3 is 0 Å². The number of hydrogen-bond donors (Lipinski definition) is 2. The standard InChI is InChI=1S/C9H12N2O2/c1-6(2)8(12)11-7-4-3-5-10-9(7)13/h3-6H,1-2H3,(H,10,13)(H,11,12). The molecule has 4 heteroatoms. The lowest BCUT2D eigenvalue weighted by atomic mass is 10.2. The number of pyridine rings is 1. The van der Waals surface area contributed by atoms with Crippen LogP contribution in [0.15, 0.2) is 23.1 Å². The Kier molecular flexibility index (Phi) is 2.84. The van der Waals surface area contributed by atoms with Gasteiger partial charge in [0, 0.05) is 12.1 Å². The third kappa shape index (κ3) is 2.43. The van der Waals surface area contributed by atoms with E-state index in [0.29, 0.717) is 5.69 Å². The number of amides is 1. The molecule has 0 unspecified atom stereocenters. The average molecular weight is 180 g/mol. The first-order chi connectivity index (χ1) is 6.11. The van der Waals surface area contributed by atoms with Crippen molar-refractivity contribution in [3.63, 3.8) is 0 Å². The zero-order valence-electron chi connectivity index (χ0n) is 7.63. The van der Waals surface area contributed by atoms with E-state index < -0.39 is 0 Å². The smallest absolute Gasteiger partial charge is 0.271 e. The van der Waals surface area contributed by atoms with Crippen LogP contribution in [-0.4, -0.2) is 10.9 Å². The summed E-state index contributed by atoms with van der Waals surface area (Å²) >= 11 is 0. The molecule has 1 rings (SSSR count). The Balaban J connectivity index is 2.81. The van der Waals surface area contributed by atoms with Gasteiger partial charge in [-0.2, -0.15) is 0 Å². The van der Waals surface area contributed by atoms with Gasteiger partial charge in [0.05, 0.1) is 0 Å². The molecule has 0 fully saturated rings. The number of rotatable bonds is 2. The van der Waals surface area contributed by atoms with Gasteiger partial charge in [0.2, 0.25) is 5.91 Å². The molecule has 70 valence electrons. The van der Waals surface area contributed by atoms with E-state index in [-0.39, 0.29) is 17.4 Å². The Bertz CT molecular complexity index is 355. The number of nitrogens with one attached hydrogen (secondary N) is 2. The summed E-state index contributed by atoms with van der Waals surface area (Å²) < 4.78 is 0. The van der Waals surface area contributed by atoms with E-state index in [1.54, 1.807) is 26.0 Å². The van der Waals surface area contributed by atoms with Crippen molar-refractivity contribution in [2.75, 3.05) is 5.32 Å². The minimum atomic E-state index is -0.281. The highest BCUT2D eigenvalue weighted by atomic mass is 16.2. The molecule has 0 radical (unpaired) electrons. The van der Waals surface area contributed by atoms with Crippen LogP contribution in [0.5, 0.6) is 0 Å². The summed E-state index contributed by atoms with van der Waals surface area (Å²) in [6.07, 6.45) is 1.52. The van der Waals surface area contributed by atoms with Crippen LogP contribution in [0.1, 0.15) is 13.8 Å². The molecule has 0 aromatic carbocycles. The Labute approximate surface area is 76.0 Å². The van der Waals surface area contributed by atoms with Crippen molar-refractivity contribution < 1.29 is 4.79 Å². The van der Waals surface area contributed by atoms with Gasteiger partial charge in [0.1, 0.15) is 5.69 Å². The Morgan fingerprint density at radius 2 is 2.23 bits per heavy atom. The van der Waals surface area contributed by atoms with Crippen LogP contribution in [0.25, 0.3) is 0 Å². The Morgan fingerprint density at radius 3 is 2.77 bits per heavy atom. The van der Waals surface area contributed by atoms with Crippen LogP contribution in [0, 0.1) is 5.92 Å². The molecule has 0 atom stereocenters. The molecule has 0 saturated carbocycles. The van der Waals surface area contributed by atoms with Crippen molar-refractivity contribution in [2.24, 2.45) is 5.92 Å². The summed E-state index contributed by atoms with van der Waals surface area (Å²) in [5.41, 5.74) is 0.0118. The fourth-order valence-corrected chi connectivity index (χ4v) is 0.797. The number of aromatic amines is 1. The van der Waals surface area contributed by atoms with Gasteiger partial charge in [-0.25, -0.2) is 0 Å². The monoisotopic (exact) mass is 180 g/mol. The van der Waals surface area contributed by atoms with Gasteiger partial charge in [-0.3, -0.25) is 9.59 Å². The van der Waals surface area contributed by atoms with Crippen LogP contribution in [0.3, 0.4) is 0 Å². The number of carbonyl (C=O) groups excluding carboxylic acids is 1. The maximum absolute atomic E-state index is 11.2. The van der Waals surface area contributed by atoms with E-state index in [1.807, 2.05) is 0 Å². The summed E-state index contributed by atoms with van der Waals surface area (Å²) in [6, 6.07) is 3.23. The van der Waals surface area contributed by atoms with Gasteiger partial charge in [-0.15, -0.1) is 0 Å². The molecule has 4 nitrogen and oxygen atoms in total. The van der Waals surface area contributed by atoms with Crippen molar-refractivity contribution in [2.45, 2.75) is 13.8 Å². The fourth-order valence-electron chi connectivity index (χ4n) is 0.797. The molecule has 1 amide bonds. The van der Waals surface area contributed by atoms with Gasteiger partial charge in [0.25, 0.3) is 5.56 Å². The zero-order valence-corrected chi connectivity index (χ0v) is 7.63. The third-order valence-electron chi connectivity index (χ3n) is 1.60. The molecule has 0 aliphatic carbocycles. The first-order valence-corrected chi connectivity index (χ1v) is 4.10. The molecule has 0 saturated heterocycles. The predicted octanol–water partition coefficient (Wildman–Crippen LogP) is 0.969. The number of hydrogen-bond acceptors (Lipinski definition) is 2. The summed E-state index contributed by atoms with van der Waals surface area (Å²) in [5.74, 6) is -0.281. The van der Waals surface area contributed by atoms with Crippen molar-refractivity contribution in [1.82, 2.24) is 4.98 Å². The normalized spacial score (nSPS) is 10.1. The summed E-state index contributed by atoms with van der Waals surface area (Å²) in [7, 11) is 0. The van der Waals surface area contributed by atoms with Crippen LogP contribution in [0.4, 0.5) is 5.69 Å². The molecule has 0 aliphatic heterocycles. The first kappa shape index (κ1) is 9.51. The fraction of sp³-hybridized carbons (Fsp3) is 0.333. The van der Waals surface area contributed by atoms with Crippen molar-refractivity contribution in [1.29, 1.82) is 0 Å². The quantitative estimate of drug-likeness (QED) is 0.712. The lowest BCUT2D eigenvalue weighted by Gasteiger charge is -2.05. The topological polar surface area (TPSA) is 62.0 Å². The summed E-state index contributed by atoms with van der Waals surface area (Å²) in [5, 5.41) is 2.53. The molecule has 0 aliphatic rings. The third-order valence-corrected chi connectivity index (χ3v) is 1.60. The van der Waals surface area contributed by atoms with Crippen molar-refractivity contribution in [3.8, 4) is 0 Å². The van der Waals surface area contributed by atoms with E-state index >= 15 is 0 Å². The molecule has 2 N–H and O–H groups in total.